The molecule has 10 nitrogen and oxygen atoms in total. The second-order valence-corrected chi connectivity index (χ2v) is 9.09. The Morgan fingerprint density at radius 1 is 0.757 bits per heavy atom. The Balaban J connectivity index is 2.00. The van der Waals surface area contributed by atoms with Gasteiger partial charge in [-0.1, -0.05) is 12.2 Å². The number of nitrogens with zero attached hydrogens (tertiary/aromatic N) is 1. The highest BCUT2D eigenvalue weighted by Gasteiger charge is 2.21. The van der Waals surface area contributed by atoms with Crippen molar-refractivity contribution in [2.45, 2.75) is 4.90 Å². The number of halogens is 1. The normalized spacial score (nSPS) is 11.2. The molecule has 0 saturated carbocycles. The molecule has 12 heteroatoms. The van der Waals surface area contributed by atoms with Gasteiger partial charge in [-0.05, 0) is 58.8 Å². The van der Waals surface area contributed by atoms with Crippen LogP contribution >= 0.6 is 0 Å². The molecule has 0 heterocycles. The molecule has 3 aromatic carbocycles. The zero-order valence-corrected chi connectivity index (χ0v) is 21.5. The predicted molar refractivity (Wildman–Crippen MR) is 137 cm³/mol. The Hall–Kier alpha value is -4.32. The number of hydrogen-bond donors (Lipinski definition) is 1. The third kappa shape index (κ3) is 5.92. The summed E-state index contributed by atoms with van der Waals surface area (Å²) in [6.07, 6.45) is 3.23. The van der Waals surface area contributed by atoms with Crippen LogP contribution in [0.25, 0.3) is 12.2 Å². The van der Waals surface area contributed by atoms with Gasteiger partial charge in [-0.3, -0.25) is 4.72 Å². The minimum absolute atomic E-state index is 0.108. The first kappa shape index (κ1) is 27.3. The van der Waals surface area contributed by atoms with Crippen molar-refractivity contribution in [1.29, 1.82) is 0 Å². The van der Waals surface area contributed by atoms with Gasteiger partial charge in [0.15, 0.2) is 28.8 Å². The average molecular weight is 533 g/mol. The molecule has 0 amide bonds. The van der Waals surface area contributed by atoms with Crippen molar-refractivity contribution < 1.29 is 36.5 Å². The van der Waals surface area contributed by atoms with Crippen LogP contribution in [-0.2, 0) is 10.0 Å². The Bertz CT molecular complexity index is 1420. The smallest absolute Gasteiger partial charge is 0.262 e. The van der Waals surface area contributed by atoms with Gasteiger partial charge < -0.3 is 23.7 Å². The SMILES string of the molecule is COc1ccc(S(=O)(=O)Nc2cc(/C=C\c3cc(OC)c(OC)c(OC)c3)cc(F)c2OC)cc1N=O. The summed E-state index contributed by atoms with van der Waals surface area (Å²) in [7, 11) is 2.74. The molecule has 0 aliphatic carbocycles. The fourth-order valence-corrected chi connectivity index (χ4v) is 4.57. The number of nitroso groups, excluding NO2 is 1. The Labute approximate surface area is 213 Å². The van der Waals surface area contributed by atoms with Crippen molar-refractivity contribution in [1.82, 2.24) is 0 Å². The van der Waals surface area contributed by atoms with Crippen LogP contribution in [0, 0.1) is 10.7 Å². The fourth-order valence-electron chi connectivity index (χ4n) is 3.50. The van der Waals surface area contributed by atoms with Crippen LogP contribution in [0.5, 0.6) is 28.7 Å². The molecule has 0 aliphatic heterocycles. The summed E-state index contributed by atoms with van der Waals surface area (Å²) < 4.78 is 69.2. The van der Waals surface area contributed by atoms with E-state index in [9.17, 15) is 17.7 Å². The number of nitrogens with one attached hydrogen (secondary N) is 1. The number of ether oxygens (including phenoxy) is 5. The third-order valence-electron chi connectivity index (χ3n) is 5.23. The summed E-state index contributed by atoms with van der Waals surface area (Å²) >= 11 is 0. The standard InChI is InChI=1S/C25H25FN2O8S/c1-32-21-9-8-17(14-19(21)27-29)37(30,31)28-20-11-15(10-18(26)24(20)35-4)6-7-16-12-22(33-2)25(36-5)23(13-16)34-3/h6-14,28H,1-5H3/b7-6-. The lowest BCUT2D eigenvalue weighted by atomic mass is 10.1. The van der Waals surface area contributed by atoms with E-state index in [2.05, 4.69) is 9.90 Å². The van der Waals surface area contributed by atoms with Gasteiger partial charge in [0.05, 0.1) is 46.1 Å². The molecule has 0 aliphatic rings. The van der Waals surface area contributed by atoms with Crippen LogP contribution in [0.1, 0.15) is 11.1 Å². The molecule has 0 fully saturated rings. The molecular formula is C25H25FN2O8S. The lowest BCUT2D eigenvalue weighted by molar-refractivity contribution is 0.324. The van der Waals surface area contributed by atoms with E-state index in [-0.39, 0.29) is 27.8 Å². The van der Waals surface area contributed by atoms with Gasteiger partial charge in [-0.15, -0.1) is 4.91 Å². The molecular weight excluding hydrogens is 507 g/mol. The first-order chi connectivity index (χ1) is 17.7. The first-order valence-electron chi connectivity index (χ1n) is 10.6. The highest BCUT2D eigenvalue weighted by molar-refractivity contribution is 7.92. The largest absolute Gasteiger partial charge is 0.494 e. The average Bonchev–Trinajstić information content (AvgIpc) is 2.90. The lowest BCUT2D eigenvalue weighted by Gasteiger charge is -2.14. The number of methoxy groups -OCH3 is 5. The van der Waals surface area contributed by atoms with E-state index >= 15 is 0 Å². The van der Waals surface area contributed by atoms with Crippen molar-refractivity contribution in [3.05, 3.63) is 64.3 Å². The van der Waals surface area contributed by atoms with E-state index in [1.165, 1.54) is 59.8 Å². The van der Waals surface area contributed by atoms with Gasteiger partial charge in [0, 0.05) is 0 Å². The fraction of sp³-hybridized carbons (Fsp3) is 0.200. The third-order valence-corrected chi connectivity index (χ3v) is 6.59. The summed E-state index contributed by atoms with van der Waals surface area (Å²) in [6, 6.07) is 9.55. The molecule has 0 unspecified atom stereocenters. The van der Waals surface area contributed by atoms with E-state index in [0.717, 1.165) is 6.07 Å². The molecule has 0 aromatic heterocycles. The Morgan fingerprint density at radius 2 is 1.32 bits per heavy atom. The monoisotopic (exact) mass is 532 g/mol. The maximum atomic E-state index is 14.8. The van der Waals surface area contributed by atoms with Gasteiger partial charge in [-0.2, -0.15) is 0 Å². The van der Waals surface area contributed by atoms with Gasteiger partial charge in [0.1, 0.15) is 5.75 Å². The predicted octanol–water partition coefficient (Wildman–Crippen LogP) is 5.24. The Morgan fingerprint density at radius 3 is 1.84 bits per heavy atom. The number of hydrogen-bond acceptors (Lipinski definition) is 9. The van der Waals surface area contributed by atoms with Crippen LogP contribution in [0.3, 0.4) is 0 Å². The van der Waals surface area contributed by atoms with Gasteiger partial charge in [-0.25, -0.2) is 12.8 Å². The zero-order valence-electron chi connectivity index (χ0n) is 20.7. The van der Waals surface area contributed by atoms with Gasteiger partial charge in [0.25, 0.3) is 10.0 Å². The van der Waals surface area contributed by atoms with Crippen molar-refractivity contribution in [3.8, 4) is 28.7 Å². The minimum Gasteiger partial charge on any atom is -0.494 e. The summed E-state index contributed by atoms with van der Waals surface area (Å²) in [5.74, 6) is 0.282. The summed E-state index contributed by atoms with van der Waals surface area (Å²) in [5.41, 5.74) is 0.628. The van der Waals surface area contributed by atoms with Crippen LogP contribution in [0.2, 0.25) is 0 Å². The molecule has 37 heavy (non-hydrogen) atoms. The first-order valence-corrected chi connectivity index (χ1v) is 12.1. The van der Waals surface area contributed by atoms with Crippen LogP contribution < -0.4 is 28.4 Å². The summed E-state index contributed by atoms with van der Waals surface area (Å²) in [5, 5.41) is 2.79. The van der Waals surface area contributed by atoms with E-state index < -0.39 is 15.8 Å². The van der Waals surface area contributed by atoms with E-state index in [0.29, 0.717) is 28.4 Å². The van der Waals surface area contributed by atoms with Crippen molar-refractivity contribution in [3.63, 3.8) is 0 Å². The van der Waals surface area contributed by atoms with Crippen molar-refractivity contribution >= 4 is 33.6 Å². The minimum atomic E-state index is -4.25. The highest BCUT2D eigenvalue weighted by Crippen LogP contribution is 2.39. The molecule has 3 aromatic rings. The topological polar surface area (TPSA) is 122 Å². The quantitative estimate of drug-likeness (QED) is 0.263. The number of benzene rings is 3. The van der Waals surface area contributed by atoms with Crippen molar-refractivity contribution in [2.24, 2.45) is 5.18 Å². The maximum absolute atomic E-state index is 14.8. The second kappa shape index (κ2) is 11.6. The Kier molecular flexibility index (Phi) is 8.56. The molecule has 0 bridgehead atoms. The zero-order chi connectivity index (χ0) is 27.2. The van der Waals surface area contributed by atoms with Crippen LogP contribution in [0.15, 0.2) is 52.5 Å². The van der Waals surface area contributed by atoms with Crippen LogP contribution in [0.4, 0.5) is 15.8 Å². The van der Waals surface area contributed by atoms with Crippen molar-refractivity contribution in [2.75, 3.05) is 40.3 Å². The molecule has 0 radical (unpaired) electrons. The van der Waals surface area contributed by atoms with Gasteiger partial charge in [0.2, 0.25) is 5.75 Å². The lowest BCUT2D eigenvalue weighted by Crippen LogP contribution is -2.14. The van der Waals surface area contributed by atoms with E-state index in [1.54, 1.807) is 24.3 Å². The summed E-state index contributed by atoms with van der Waals surface area (Å²) in [4.78, 5) is 10.8. The molecule has 0 atom stereocenters. The number of rotatable bonds is 11. The molecule has 1 N–H and O–H groups in total. The molecule has 0 spiro atoms. The van der Waals surface area contributed by atoms with Crippen LogP contribution in [-0.4, -0.2) is 44.0 Å². The van der Waals surface area contributed by atoms with E-state index in [4.69, 9.17) is 23.7 Å². The second-order valence-electron chi connectivity index (χ2n) is 7.41. The maximum Gasteiger partial charge on any atom is 0.262 e. The number of anilines is 1. The summed E-state index contributed by atoms with van der Waals surface area (Å²) in [6.45, 7) is 0. The number of sulfonamides is 1. The van der Waals surface area contributed by atoms with Gasteiger partial charge >= 0.3 is 0 Å². The highest BCUT2D eigenvalue weighted by atomic mass is 32.2. The molecule has 3 rings (SSSR count). The molecule has 0 saturated heterocycles. The van der Waals surface area contributed by atoms with E-state index in [1.807, 2.05) is 0 Å². The molecule has 196 valence electrons.